The molecule has 3 fully saturated rings. The minimum absolute atomic E-state index is 0.0284. The molecule has 0 unspecified atom stereocenters. The van der Waals surface area contributed by atoms with E-state index in [0.29, 0.717) is 42.8 Å². The van der Waals surface area contributed by atoms with Crippen molar-refractivity contribution in [3.05, 3.63) is 94.5 Å². The Bertz CT molecular complexity index is 1980. The van der Waals surface area contributed by atoms with Crippen LogP contribution in [0.2, 0.25) is 5.02 Å². The average Bonchev–Trinajstić information content (AvgIpc) is 3.37. The number of morpholine rings is 3. The molecule has 3 aromatic carbocycles. The molecular weight excluding hydrogens is 944 g/mol. The van der Waals surface area contributed by atoms with Gasteiger partial charge in [0.15, 0.2) is 11.5 Å². The number of nitrogens with one attached hydrogen (secondary N) is 1. The lowest BCUT2D eigenvalue weighted by Gasteiger charge is -2.26. The molecule has 68 heavy (non-hydrogen) atoms. The summed E-state index contributed by atoms with van der Waals surface area (Å²) in [6, 6.07) is 19.6. The number of nitrogens with zero attached hydrogens (tertiary/aromatic N) is 3. The average molecular weight is 1020 g/mol. The van der Waals surface area contributed by atoms with E-state index in [1.807, 2.05) is 61.5 Å². The summed E-state index contributed by atoms with van der Waals surface area (Å²) in [5.41, 5.74) is 3.68. The number of benzene rings is 3. The fourth-order valence-corrected chi connectivity index (χ4v) is 8.70. The van der Waals surface area contributed by atoms with E-state index in [1.54, 1.807) is 49.1 Å². The number of rotatable bonds is 19. The second-order valence-electron chi connectivity index (χ2n) is 16.6. The molecule has 3 saturated heterocycles. The molecule has 0 radical (unpaired) electrons. The summed E-state index contributed by atoms with van der Waals surface area (Å²) >= 11 is 12.9. The number of hydrogen-bond acceptors (Lipinski definition) is 12. The Morgan fingerprint density at radius 1 is 0.765 bits per heavy atom. The van der Waals surface area contributed by atoms with Crippen LogP contribution in [0.4, 0.5) is 0 Å². The van der Waals surface area contributed by atoms with Crippen molar-refractivity contribution in [1.82, 2.24) is 20.0 Å². The number of methoxy groups -OCH3 is 2. The molecular formula is C51H77ClN4O9S3. The minimum atomic E-state index is -4.06. The van der Waals surface area contributed by atoms with Crippen LogP contribution in [0.15, 0.2) is 77.7 Å². The molecule has 13 nitrogen and oxygen atoms in total. The van der Waals surface area contributed by atoms with Crippen LogP contribution in [-0.4, -0.2) is 151 Å². The summed E-state index contributed by atoms with van der Waals surface area (Å²) in [7, 11) is 3.08. The zero-order valence-electron chi connectivity index (χ0n) is 41.1. The number of hydrogen-bond donors (Lipinski definition) is 2. The molecule has 0 aliphatic carbocycles. The van der Waals surface area contributed by atoms with Gasteiger partial charge < -0.3 is 38.8 Å². The topological polar surface area (TPSA) is 139 Å². The normalized spacial score (nSPS) is 15.3. The SMILES string of the molecule is C1COCCN1.CCCCCCCCCCCCc1ccc(S(=O)(=O)O)cc1.CN(C)C(=S)SCN1CCOCC1.COc1ccc(/C(=C/C(=O)N2CCOCC2)c2ccc(Cl)cc2)cc1OC. The van der Waals surface area contributed by atoms with Crippen LogP contribution in [0, 0.1) is 0 Å². The van der Waals surface area contributed by atoms with Crippen molar-refractivity contribution in [1.29, 1.82) is 0 Å². The van der Waals surface area contributed by atoms with E-state index in [0.717, 1.165) is 97.9 Å². The van der Waals surface area contributed by atoms with E-state index in [1.165, 1.54) is 69.9 Å². The molecule has 3 heterocycles. The first-order valence-corrected chi connectivity index (χ1v) is 27.1. The second-order valence-corrected chi connectivity index (χ2v) is 20.1. The maximum atomic E-state index is 12.8. The Kier molecular flexibility index (Phi) is 30.3. The molecule has 0 atom stereocenters. The summed E-state index contributed by atoms with van der Waals surface area (Å²) in [5.74, 6) is 2.18. The highest BCUT2D eigenvalue weighted by Gasteiger charge is 2.18. The number of unbranched alkanes of at least 4 members (excludes halogenated alkanes) is 9. The second kappa shape index (κ2) is 34.9. The van der Waals surface area contributed by atoms with E-state index in [2.05, 4.69) is 17.1 Å². The zero-order chi connectivity index (χ0) is 49.4. The van der Waals surface area contributed by atoms with Crippen LogP contribution in [0.3, 0.4) is 0 Å². The molecule has 0 bridgehead atoms. The fourth-order valence-electron chi connectivity index (χ4n) is 7.13. The van der Waals surface area contributed by atoms with Crippen molar-refractivity contribution in [2.24, 2.45) is 0 Å². The molecule has 1 amide bonds. The van der Waals surface area contributed by atoms with Gasteiger partial charge in [-0.1, -0.05) is 131 Å². The van der Waals surface area contributed by atoms with Crippen molar-refractivity contribution in [2.75, 3.05) is 113 Å². The summed E-state index contributed by atoms with van der Waals surface area (Å²) in [4.78, 5) is 18.9. The van der Waals surface area contributed by atoms with Gasteiger partial charge in [0.25, 0.3) is 10.1 Å². The van der Waals surface area contributed by atoms with E-state index in [-0.39, 0.29) is 10.8 Å². The smallest absolute Gasteiger partial charge is 0.294 e. The largest absolute Gasteiger partial charge is 0.493 e. The standard InChI is InChI=1S/C21H22ClNO4.C18H30O3S.C8H16N2OS2.C4H9NO/c1-25-19-8-5-16(13-20(19)26-2)18(15-3-6-17(22)7-4-15)14-21(24)23-9-11-27-12-10-23;1-2-3-4-5-6-7-8-9-10-11-12-17-13-15-18(16-14-17)22(19,20)21;1-9(2)8(12)13-7-10-3-5-11-6-4-10;1-3-6-4-2-5-1/h3-8,13-14H,9-12H2,1-2H3;13-16H,2-12H2,1H3,(H,19,20,21);3-7H2,1-2H3;5H,1-4H2/b18-14+;;;. The van der Waals surface area contributed by atoms with Gasteiger partial charge in [0, 0.05) is 64.5 Å². The quantitative estimate of drug-likeness (QED) is 0.0510. The Morgan fingerprint density at radius 3 is 1.79 bits per heavy atom. The maximum absolute atomic E-state index is 12.8. The lowest BCUT2D eigenvalue weighted by molar-refractivity contribution is -0.129. The van der Waals surface area contributed by atoms with Gasteiger partial charge in [-0.15, -0.1) is 0 Å². The van der Waals surface area contributed by atoms with Crippen LogP contribution in [0.1, 0.15) is 87.8 Å². The molecule has 2 N–H and O–H groups in total. The number of ether oxygens (including phenoxy) is 5. The number of carbonyl (C=O) groups excluding carboxylic acids is 1. The first-order chi connectivity index (χ1) is 32.9. The van der Waals surface area contributed by atoms with Gasteiger partial charge in [0.1, 0.15) is 4.32 Å². The van der Waals surface area contributed by atoms with Gasteiger partial charge in [-0.05, 0) is 71.5 Å². The molecule has 0 aromatic heterocycles. The van der Waals surface area contributed by atoms with Gasteiger partial charge in [-0.3, -0.25) is 14.2 Å². The van der Waals surface area contributed by atoms with Crippen molar-refractivity contribution >= 4 is 61.5 Å². The maximum Gasteiger partial charge on any atom is 0.294 e. The summed E-state index contributed by atoms with van der Waals surface area (Å²) in [6.07, 6.45) is 15.8. The molecule has 6 rings (SSSR count). The van der Waals surface area contributed by atoms with E-state index in [4.69, 9.17) is 52.1 Å². The van der Waals surface area contributed by atoms with Crippen molar-refractivity contribution in [2.45, 2.75) is 82.4 Å². The van der Waals surface area contributed by atoms with Crippen LogP contribution in [0.25, 0.3) is 5.57 Å². The zero-order valence-corrected chi connectivity index (χ0v) is 44.3. The van der Waals surface area contributed by atoms with Crippen molar-refractivity contribution in [3.8, 4) is 11.5 Å². The molecule has 380 valence electrons. The third-order valence-corrected chi connectivity index (χ3v) is 14.1. The van der Waals surface area contributed by atoms with Crippen molar-refractivity contribution in [3.63, 3.8) is 0 Å². The third-order valence-electron chi connectivity index (χ3n) is 11.2. The number of thiocarbonyl (C=S) groups is 1. The molecule has 17 heteroatoms. The Balaban J connectivity index is 0.000000266. The first kappa shape index (κ1) is 59.0. The van der Waals surface area contributed by atoms with Gasteiger partial charge in [0.2, 0.25) is 5.91 Å². The van der Waals surface area contributed by atoms with E-state index >= 15 is 0 Å². The molecule has 3 aliphatic heterocycles. The number of amides is 1. The number of halogens is 1. The Labute approximate surface area is 422 Å². The summed E-state index contributed by atoms with van der Waals surface area (Å²) in [6.45, 7) is 12.2. The first-order valence-electron chi connectivity index (χ1n) is 23.9. The molecule has 3 aromatic rings. The van der Waals surface area contributed by atoms with E-state index in [9.17, 15) is 13.2 Å². The summed E-state index contributed by atoms with van der Waals surface area (Å²) in [5, 5.41) is 3.80. The fraction of sp³-hybridized carbons (Fsp3) is 0.569. The number of aryl methyl sites for hydroxylation is 1. The van der Waals surface area contributed by atoms with Crippen LogP contribution >= 0.6 is 35.6 Å². The van der Waals surface area contributed by atoms with Gasteiger partial charge >= 0.3 is 0 Å². The summed E-state index contributed by atoms with van der Waals surface area (Å²) < 4.78 is 58.1. The molecule has 3 aliphatic rings. The highest BCUT2D eigenvalue weighted by atomic mass is 35.5. The number of thioether (sulfide) groups is 1. The molecule has 0 spiro atoms. The van der Waals surface area contributed by atoms with E-state index < -0.39 is 10.1 Å². The lowest BCUT2D eigenvalue weighted by atomic mass is 9.96. The highest BCUT2D eigenvalue weighted by Crippen LogP contribution is 2.33. The van der Waals surface area contributed by atoms with Gasteiger partial charge in [-0.25, -0.2) is 0 Å². The van der Waals surface area contributed by atoms with Gasteiger partial charge in [0.05, 0.1) is 64.6 Å². The minimum Gasteiger partial charge on any atom is -0.493 e. The number of carbonyl (C=O) groups is 1. The van der Waals surface area contributed by atoms with Crippen molar-refractivity contribution < 1.29 is 41.4 Å². The predicted molar refractivity (Wildman–Crippen MR) is 282 cm³/mol. The van der Waals surface area contributed by atoms with Crippen LogP contribution < -0.4 is 14.8 Å². The molecule has 0 saturated carbocycles. The van der Waals surface area contributed by atoms with Crippen LogP contribution in [0.5, 0.6) is 11.5 Å². The highest BCUT2D eigenvalue weighted by molar-refractivity contribution is 8.22. The van der Waals surface area contributed by atoms with Gasteiger partial charge in [-0.2, -0.15) is 8.42 Å². The van der Waals surface area contributed by atoms with Crippen LogP contribution in [-0.2, 0) is 35.5 Å². The third kappa shape index (κ3) is 24.5. The lowest BCUT2D eigenvalue weighted by Crippen LogP contribution is -2.39. The Morgan fingerprint density at radius 2 is 1.29 bits per heavy atom. The monoisotopic (exact) mass is 1020 g/mol. The Hall–Kier alpha value is -3.29. The predicted octanol–water partition coefficient (Wildman–Crippen LogP) is 9.51.